The van der Waals surface area contributed by atoms with Gasteiger partial charge in [0, 0.05) is 18.3 Å². The Morgan fingerprint density at radius 1 is 1.23 bits per heavy atom. The molecule has 3 aromatic rings. The Hall–Kier alpha value is -2.38. The van der Waals surface area contributed by atoms with Gasteiger partial charge in [0.15, 0.2) is 11.0 Å². The van der Waals surface area contributed by atoms with Gasteiger partial charge in [-0.2, -0.15) is 0 Å². The molecule has 0 aliphatic carbocycles. The largest absolute Gasteiger partial charge is 0.325 e. The van der Waals surface area contributed by atoms with Crippen LogP contribution in [0.4, 0.5) is 10.1 Å². The SMILES string of the molecule is C[C@H](Sc1nnc(-c2ccccc2Cl)n1C)C(=O)Nc1cccc(F)c1. The van der Waals surface area contributed by atoms with Crippen LogP contribution in [0.25, 0.3) is 11.4 Å². The lowest BCUT2D eigenvalue weighted by atomic mass is 10.2. The number of hydrogen-bond acceptors (Lipinski definition) is 4. The number of carbonyl (C=O) groups excluding carboxylic acids is 1. The average molecular weight is 391 g/mol. The van der Waals surface area contributed by atoms with Crippen LogP contribution in [0, 0.1) is 5.82 Å². The van der Waals surface area contributed by atoms with Gasteiger partial charge in [-0.1, -0.05) is 41.6 Å². The van der Waals surface area contributed by atoms with Crippen LogP contribution in [-0.2, 0) is 11.8 Å². The highest BCUT2D eigenvalue weighted by Gasteiger charge is 2.20. The van der Waals surface area contributed by atoms with Crippen molar-refractivity contribution < 1.29 is 9.18 Å². The van der Waals surface area contributed by atoms with Gasteiger partial charge >= 0.3 is 0 Å². The van der Waals surface area contributed by atoms with Gasteiger partial charge in [-0.05, 0) is 37.3 Å². The molecule has 0 radical (unpaired) electrons. The second-order valence-electron chi connectivity index (χ2n) is 5.60. The van der Waals surface area contributed by atoms with E-state index in [1.807, 2.05) is 25.2 Å². The third-order valence-electron chi connectivity index (χ3n) is 3.69. The number of anilines is 1. The van der Waals surface area contributed by atoms with Gasteiger partial charge in [0.25, 0.3) is 0 Å². The fourth-order valence-electron chi connectivity index (χ4n) is 2.32. The van der Waals surface area contributed by atoms with E-state index in [-0.39, 0.29) is 5.91 Å². The number of amides is 1. The zero-order valence-corrected chi connectivity index (χ0v) is 15.7. The fraction of sp³-hybridized carbons (Fsp3) is 0.167. The number of nitrogens with zero attached hydrogens (tertiary/aromatic N) is 3. The first-order valence-electron chi connectivity index (χ1n) is 7.83. The van der Waals surface area contributed by atoms with Gasteiger partial charge < -0.3 is 9.88 Å². The summed E-state index contributed by atoms with van der Waals surface area (Å²) in [5.41, 5.74) is 1.19. The van der Waals surface area contributed by atoms with E-state index in [0.717, 1.165) is 5.56 Å². The molecule has 1 aromatic heterocycles. The molecule has 1 atom stereocenters. The molecule has 1 amide bonds. The van der Waals surface area contributed by atoms with Crippen LogP contribution in [0.15, 0.2) is 53.7 Å². The molecule has 26 heavy (non-hydrogen) atoms. The molecule has 0 spiro atoms. The van der Waals surface area contributed by atoms with Gasteiger partial charge in [-0.3, -0.25) is 4.79 Å². The minimum Gasteiger partial charge on any atom is -0.325 e. The smallest absolute Gasteiger partial charge is 0.237 e. The molecule has 0 bridgehead atoms. The standard InChI is InChI=1S/C18H16ClFN4OS/c1-11(17(25)21-13-7-5-6-12(20)10-13)26-18-23-22-16(24(18)2)14-8-3-4-9-15(14)19/h3-11H,1-2H3,(H,21,25)/t11-/m0/s1. The highest BCUT2D eigenvalue weighted by Crippen LogP contribution is 2.29. The maximum Gasteiger partial charge on any atom is 0.237 e. The van der Waals surface area contributed by atoms with E-state index in [1.165, 1.54) is 23.9 Å². The van der Waals surface area contributed by atoms with Gasteiger partial charge in [0.05, 0.1) is 10.3 Å². The van der Waals surface area contributed by atoms with Crippen LogP contribution in [0.1, 0.15) is 6.92 Å². The molecule has 0 fully saturated rings. The van der Waals surface area contributed by atoms with Crippen LogP contribution in [0.3, 0.4) is 0 Å². The summed E-state index contributed by atoms with van der Waals surface area (Å²) in [6.07, 6.45) is 0. The van der Waals surface area contributed by atoms with Crippen molar-refractivity contribution in [3.8, 4) is 11.4 Å². The van der Waals surface area contributed by atoms with Crippen LogP contribution >= 0.6 is 23.4 Å². The highest BCUT2D eigenvalue weighted by molar-refractivity contribution is 8.00. The summed E-state index contributed by atoms with van der Waals surface area (Å²) in [5.74, 6) is -0.0282. The first-order valence-corrected chi connectivity index (χ1v) is 9.09. The molecule has 0 saturated heterocycles. The van der Waals surface area contributed by atoms with E-state index in [9.17, 15) is 9.18 Å². The van der Waals surface area contributed by atoms with Crippen molar-refractivity contribution in [1.82, 2.24) is 14.8 Å². The Morgan fingerprint density at radius 3 is 2.73 bits per heavy atom. The zero-order chi connectivity index (χ0) is 18.7. The van der Waals surface area contributed by atoms with Crippen molar-refractivity contribution in [2.75, 3.05) is 5.32 Å². The van der Waals surface area contributed by atoms with Crippen molar-refractivity contribution in [2.45, 2.75) is 17.3 Å². The van der Waals surface area contributed by atoms with Crippen LogP contribution in [-0.4, -0.2) is 25.9 Å². The number of hydrogen-bond donors (Lipinski definition) is 1. The minimum atomic E-state index is -0.444. The van der Waals surface area contributed by atoms with E-state index < -0.39 is 11.1 Å². The Kier molecular flexibility index (Phi) is 5.58. The quantitative estimate of drug-likeness (QED) is 0.656. The molecule has 2 aromatic carbocycles. The van der Waals surface area contributed by atoms with E-state index in [1.54, 1.807) is 29.7 Å². The normalized spacial score (nSPS) is 12.0. The van der Waals surface area contributed by atoms with Crippen LogP contribution in [0.2, 0.25) is 5.02 Å². The van der Waals surface area contributed by atoms with Crippen LogP contribution < -0.4 is 5.32 Å². The first kappa shape index (κ1) is 18.4. The molecule has 0 saturated carbocycles. The van der Waals surface area contributed by atoms with Crippen molar-refractivity contribution in [1.29, 1.82) is 0 Å². The number of aromatic nitrogens is 3. The number of halogens is 2. The molecule has 0 aliphatic rings. The van der Waals surface area contributed by atoms with E-state index in [0.29, 0.717) is 21.7 Å². The van der Waals surface area contributed by atoms with Gasteiger partial charge in [-0.15, -0.1) is 10.2 Å². The topological polar surface area (TPSA) is 59.8 Å². The number of thioether (sulfide) groups is 1. The molecule has 5 nitrogen and oxygen atoms in total. The maximum absolute atomic E-state index is 13.2. The molecule has 8 heteroatoms. The monoisotopic (exact) mass is 390 g/mol. The molecule has 0 aliphatic heterocycles. The summed E-state index contributed by atoms with van der Waals surface area (Å²) in [4.78, 5) is 12.3. The lowest BCUT2D eigenvalue weighted by Gasteiger charge is -2.12. The molecule has 3 rings (SSSR count). The van der Waals surface area contributed by atoms with Crippen LogP contribution in [0.5, 0.6) is 0 Å². The average Bonchev–Trinajstić information content (AvgIpc) is 2.96. The van der Waals surface area contributed by atoms with Gasteiger partial charge in [0.1, 0.15) is 5.82 Å². The summed E-state index contributed by atoms with van der Waals surface area (Å²) in [7, 11) is 1.82. The van der Waals surface area contributed by atoms with Crippen molar-refractivity contribution in [3.63, 3.8) is 0 Å². The number of carbonyl (C=O) groups is 1. The third-order valence-corrected chi connectivity index (χ3v) is 5.16. The summed E-state index contributed by atoms with van der Waals surface area (Å²) in [6, 6.07) is 13.1. The van der Waals surface area contributed by atoms with Crippen molar-refractivity contribution in [3.05, 3.63) is 59.4 Å². The van der Waals surface area contributed by atoms with E-state index in [2.05, 4.69) is 15.5 Å². The second-order valence-corrected chi connectivity index (χ2v) is 7.32. The summed E-state index contributed by atoms with van der Waals surface area (Å²) in [5, 5.41) is 11.7. The fourth-order valence-corrected chi connectivity index (χ4v) is 3.35. The molecule has 1 N–H and O–H groups in total. The second kappa shape index (κ2) is 7.88. The molecule has 134 valence electrons. The summed E-state index contributed by atoms with van der Waals surface area (Å²) >= 11 is 7.48. The van der Waals surface area contributed by atoms with E-state index >= 15 is 0 Å². The Balaban J connectivity index is 1.73. The maximum atomic E-state index is 13.2. The van der Waals surface area contributed by atoms with Gasteiger partial charge in [-0.25, -0.2) is 4.39 Å². The summed E-state index contributed by atoms with van der Waals surface area (Å²) < 4.78 is 15.0. The predicted octanol–water partition coefficient (Wildman–Crippen LogP) is 4.39. The Bertz CT molecular complexity index is 946. The predicted molar refractivity (Wildman–Crippen MR) is 102 cm³/mol. The Labute approximate surface area is 159 Å². The number of benzene rings is 2. The number of nitrogens with one attached hydrogen (secondary N) is 1. The Morgan fingerprint density at radius 2 is 2.00 bits per heavy atom. The molecular formula is C18H16ClFN4OS. The van der Waals surface area contributed by atoms with E-state index in [4.69, 9.17) is 11.6 Å². The third kappa shape index (κ3) is 4.05. The molecular weight excluding hydrogens is 375 g/mol. The minimum absolute atomic E-state index is 0.247. The lowest BCUT2D eigenvalue weighted by Crippen LogP contribution is -2.22. The summed E-state index contributed by atoms with van der Waals surface area (Å²) in [6.45, 7) is 1.75. The highest BCUT2D eigenvalue weighted by atomic mass is 35.5. The van der Waals surface area contributed by atoms with Crippen molar-refractivity contribution >= 4 is 35.0 Å². The zero-order valence-electron chi connectivity index (χ0n) is 14.1. The number of rotatable bonds is 5. The van der Waals surface area contributed by atoms with Gasteiger partial charge in [0.2, 0.25) is 5.91 Å². The van der Waals surface area contributed by atoms with Crippen molar-refractivity contribution in [2.24, 2.45) is 7.05 Å². The lowest BCUT2D eigenvalue weighted by molar-refractivity contribution is -0.115. The first-order chi connectivity index (χ1) is 12.5. The molecule has 0 unspecified atom stereocenters. The molecule has 1 heterocycles.